The first-order valence-corrected chi connectivity index (χ1v) is 6.11. The van der Waals surface area contributed by atoms with Gasteiger partial charge in [0.15, 0.2) is 0 Å². The Morgan fingerprint density at radius 3 is 2.63 bits per heavy atom. The first-order chi connectivity index (χ1) is 9.15. The number of ether oxygens (including phenoxy) is 1. The molecule has 0 atom stereocenters. The molecule has 3 nitrogen and oxygen atoms in total. The van der Waals surface area contributed by atoms with E-state index in [1.165, 1.54) is 0 Å². The average molecular weight is 273 g/mol. The minimum absolute atomic E-state index is 0.546. The van der Waals surface area contributed by atoms with E-state index in [9.17, 15) is 0 Å². The highest BCUT2D eigenvalue weighted by molar-refractivity contribution is 6.33. The highest BCUT2D eigenvalue weighted by atomic mass is 35.5. The molecule has 96 valence electrons. The standard InChI is InChI=1S/C15H13ClN2O/c1-18(12-4-3-5-13(9-12)19-2)15-7-6-11(10-17)8-14(15)16/h3-9H,1-2H3. The third-order valence-corrected chi connectivity index (χ3v) is 3.18. The van der Waals surface area contributed by atoms with Crippen molar-refractivity contribution in [1.29, 1.82) is 5.26 Å². The Morgan fingerprint density at radius 2 is 2.00 bits per heavy atom. The smallest absolute Gasteiger partial charge is 0.120 e. The summed E-state index contributed by atoms with van der Waals surface area (Å²) in [6, 6.07) is 15.0. The van der Waals surface area contributed by atoms with Gasteiger partial charge in [0.2, 0.25) is 0 Å². The summed E-state index contributed by atoms with van der Waals surface area (Å²) >= 11 is 6.20. The van der Waals surface area contributed by atoms with Crippen LogP contribution in [0.2, 0.25) is 5.02 Å². The molecule has 0 aromatic heterocycles. The van der Waals surface area contributed by atoms with Crippen LogP contribution in [-0.4, -0.2) is 14.2 Å². The monoisotopic (exact) mass is 272 g/mol. The molecule has 0 bridgehead atoms. The van der Waals surface area contributed by atoms with Crippen molar-refractivity contribution in [2.45, 2.75) is 0 Å². The summed E-state index contributed by atoms with van der Waals surface area (Å²) in [6.45, 7) is 0. The van der Waals surface area contributed by atoms with Crippen molar-refractivity contribution in [1.82, 2.24) is 0 Å². The van der Waals surface area contributed by atoms with Crippen LogP contribution < -0.4 is 9.64 Å². The van der Waals surface area contributed by atoms with Crippen LogP contribution in [-0.2, 0) is 0 Å². The van der Waals surface area contributed by atoms with Crippen molar-refractivity contribution in [2.24, 2.45) is 0 Å². The van der Waals surface area contributed by atoms with E-state index in [-0.39, 0.29) is 0 Å². The lowest BCUT2D eigenvalue weighted by Crippen LogP contribution is -2.10. The van der Waals surface area contributed by atoms with Gasteiger partial charge < -0.3 is 9.64 Å². The van der Waals surface area contributed by atoms with Crippen molar-refractivity contribution in [3.8, 4) is 11.8 Å². The topological polar surface area (TPSA) is 36.3 Å². The van der Waals surface area contributed by atoms with Gasteiger partial charge in [-0.25, -0.2) is 0 Å². The molecule has 4 heteroatoms. The molecule has 19 heavy (non-hydrogen) atoms. The molecule has 2 rings (SSSR count). The maximum Gasteiger partial charge on any atom is 0.120 e. The normalized spacial score (nSPS) is 9.79. The second-order valence-electron chi connectivity index (χ2n) is 4.04. The summed E-state index contributed by atoms with van der Waals surface area (Å²) in [4.78, 5) is 1.95. The first kappa shape index (κ1) is 13.3. The number of anilines is 2. The maximum absolute atomic E-state index is 8.84. The zero-order valence-corrected chi connectivity index (χ0v) is 11.5. The SMILES string of the molecule is COc1cccc(N(C)c2ccc(C#N)cc2Cl)c1. The van der Waals surface area contributed by atoms with Crippen molar-refractivity contribution >= 4 is 23.0 Å². The Kier molecular flexibility index (Phi) is 3.94. The van der Waals surface area contributed by atoms with Crippen LogP contribution in [0.3, 0.4) is 0 Å². The maximum atomic E-state index is 8.84. The van der Waals surface area contributed by atoms with Gasteiger partial charge in [-0.3, -0.25) is 0 Å². The van der Waals surface area contributed by atoms with Gasteiger partial charge in [-0.15, -0.1) is 0 Å². The van der Waals surface area contributed by atoms with Crippen LogP contribution in [0.1, 0.15) is 5.56 Å². The van der Waals surface area contributed by atoms with Crippen molar-refractivity contribution in [2.75, 3.05) is 19.1 Å². The number of nitriles is 1. The number of benzene rings is 2. The molecular weight excluding hydrogens is 260 g/mol. The Balaban J connectivity index is 2.38. The molecule has 2 aromatic rings. The number of halogens is 1. The summed E-state index contributed by atoms with van der Waals surface area (Å²) in [7, 11) is 3.55. The van der Waals surface area contributed by atoms with Crippen molar-refractivity contribution < 1.29 is 4.74 Å². The van der Waals surface area contributed by atoms with Crippen LogP contribution in [0.15, 0.2) is 42.5 Å². The molecule has 0 heterocycles. The average Bonchev–Trinajstić information content (AvgIpc) is 2.46. The summed E-state index contributed by atoms with van der Waals surface area (Å²) in [5.41, 5.74) is 2.35. The van der Waals surface area contributed by atoms with Gasteiger partial charge in [0.1, 0.15) is 5.75 Å². The third-order valence-electron chi connectivity index (χ3n) is 2.88. The van der Waals surface area contributed by atoms with Gasteiger partial charge in [0, 0.05) is 18.8 Å². The minimum atomic E-state index is 0.546. The van der Waals surface area contributed by atoms with Crippen molar-refractivity contribution in [3.05, 3.63) is 53.1 Å². The Bertz CT molecular complexity index is 634. The summed E-state index contributed by atoms with van der Waals surface area (Å²) in [6.07, 6.45) is 0. The van der Waals surface area contributed by atoms with Gasteiger partial charge in [-0.1, -0.05) is 17.7 Å². The van der Waals surface area contributed by atoms with Crippen LogP contribution in [0, 0.1) is 11.3 Å². The number of nitrogens with zero attached hydrogens (tertiary/aromatic N) is 2. The molecule has 0 spiro atoms. The molecule has 0 aliphatic carbocycles. The molecule has 0 saturated heterocycles. The third kappa shape index (κ3) is 2.81. The molecule has 0 radical (unpaired) electrons. The van der Waals surface area contributed by atoms with Crippen LogP contribution in [0.25, 0.3) is 0 Å². The quantitative estimate of drug-likeness (QED) is 0.848. The Labute approximate surface area is 117 Å². The van der Waals surface area contributed by atoms with E-state index in [1.807, 2.05) is 42.3 Å². The Hall–Kier alpha value is -2.18. The number of rotatable bonds is 3. The summed E-state index contributed by atoms with van der Waals surface area (Å²) < 4.78 is 5.20. The molecule has 2 aromatic carbocycles. The number of hydrogen-bond acceptors (Lipinski definition) is 3. The number of hydrogen-bond donors (Lipinski definition) is 0. The summed E-state index contributed by atoms with van der Waals surface area (Å²) in [5.74, 6) is 0.786. The van der Waals surface area contributed by atoms with E-state index < -0.39 is 0 Å². The predicted octanol–water partition coefficient (Wildman–Crippen LogP) is 3.99. The lowest BCUT2D eigenvalue weighted by atomic mass is 10.2. The molecule has 0 aliphatic rings. The van der Waals surface area contributed by atoms with E-state index in [4.69, 9.17) is 21.6 Å². The molecular formula is C15H13ClN2O. The van der Waals surface area contributed by atoms with Gasteiger partial charge in [-0.2, -0.15) is 5.26 Å². The van der Waals surface area contributed by atoms with Gasteiger partial charge >= 0.3 is 0 Å². The van der Waals surface area contributed by atoms with Crippen LogP contribution >= 0.6 is 11.6 Å². The zero-order valence-electron chi connectivity index (χ0n) is 10.7. The number of methoxy groups -OCH3 is 1. The lowest BCUT2D eigenvalue weighted by molar-refractivity contribution is 0.415. The molecule has 0 saturated carbocycles. The van der Waals surface area contributed by atoms with Gasteiger partial charge in [-0.05, 0) is 30.3 Å². The van der Waals surface area contributed by atoms with Gasteiger partial charge in [0.05, 0.1) is 29.5 Å². The molecule has 0 unspecified atom stereocenters. The Morgan fingerprint density at radius 1 is 1.21 bits per heavy atom. The fourth-order valence-electron chi connectivity index (χ4n) is 1.81. The highest BCUT2D eigenvalue weighted by Crippen LogP contribution is 2.32. The van der Waals surface area contributed by atoms with Crippen molar-refractivity contribution in [3.63, 3.8) is 0 Å². The van der Waals surface area contributed by atoms with E-state index in [1.54, 1.807) is 19.2 Å². The lowest BCUT2D eigenvalue weighted by Gasteiger charge is -2.21. The fourth-order valence-corrected chi connectivity index (χ4v) is 2.11. The minimum Gasteiger partial charge on any atom is -0.497 e. The fraction of sp³-hybridized carbons (Fsp3) is 0.133. The second kappa shape index (κ2) is 5.64. The molecule has 0 N–H and O–H groups in total. The molecule has 0 aliphatic heterocycles. The summed E-state index contributed by atoms with van der Waals surface area (Å²) in [5, 5.41) is 9.38. The van der Waals surface area contributed by atoms with Crippen LogP contribution in [0.4, 0.5) is 11.4 Å². The van der Waals surface area contributed by atoms with E-state index in [0.717, 1.165) is 17.1 Å². The largest absolute Gasteiger partial charge is 0.497 e. The van der Waals surface area contributed by atoms with E-state index in [2.05, 4.69) is 6.07 Å². The first-order valence-electron chi connectivity index (χ1n) is 5.73. The van der Waals surface area contributed by atoms with Gasteiger partial charge in [0.25, 0.3) is 0 Å². The molecule has 0 amide bonds. The van der Waals surface area contributed by atoms with Crippen LogP contribution in [0.5, 0.6) is 5.75 Å². The second-order valence-corrected chi connectivity index (χ2v) is 4.45. The zero-order chi connectivity index (χ0) is 13.8. The molecule has 0 fully saturated rings. The highest BCUT2D eigenvalue weighted by Gasteiger charge is 2.09. The predicted molar refractivity (Wildman–Crippen MR) is 77.2 cm³/mol. The van der Waals surface area contributed by atoms with E-state index in [0.29, 0.717) is 10.6 Å². The van der Waals surface area contributed by atoms with E-state index >= 15 is 0 Å².